The molecule has 0 bridgehead atoms. The molecule has 0 atom stereocenters. The Morgan fingerprint density at radius 2 is 1.94 bits per heavy atom. The van der Waals surface area contributed by atoms with Crippen LogP contribution in [0.15, 0.2) is 12.1 Å². The zero-order chi connectivity index (χ0) is 12.1. The first kappa shape index (κ1) is 12.2. The van der Waals surface area contributed by atoms with E-state index in [2.05, 4.69) is 10.6 Å². The SMILES string of the molecule is CNC(=O)Nc1c(C)cc(OC)cc1OC. The summed E-state index contributed by atoms with van der Waals surface area (Å²) in [6.07, 6.45) is 0. The fraction of sp³-hybridized carbons (Fsp3) is 0.364. The number of hydrogen-bond donors (Lipinski definition) is 2. The molecule has 0 aromatic heterocycles. The zero-order valence-corrected chi connectivity index (χ0v) is 9.88. The molecule has 2 N–H and O–H groups in total. The van der Waals surface area contributed by atoms with Crippen molar-refractivity contribution in [2.24, 2.45) is 0 Å². The normalized spacial score (nSPS) is 9.50. The standard InChI is InChI=1S/C11H16N2O3/c1-7-5-8(15-3)6-9(16-4)10(7)13-11(14)12-2/h5-6H,1-4H3,(H2,12,13,14). The lowest BCUT2D eigenvalue weighted by atomic mass is 10.1. The first-order valence-electron chi connectivity index (χ1n) is 4.83. The van der Waals surface area contributed by atoms with Gasteiger partial charge in [0.15, 0.2) is 0 Å². The summed E-state index contributed by atoms with van der Waals surface area (Å²) in [6, 6.07) is 3.26. The number of hydrogen-bond acceptors (Lipinski definition) is 3. The molecule has 0 aliphatic heterocycles. The number of urea groups is 1. The third-order valence-corrected chi connectivity index (χ3v) is 2.19. The number of anilines is 1. The van der Waals surface area contributed by atoms with E-state index < -0.39 is 0 Å². The summed E-state index contributed by atoms with van der Waals surface area (Å²) < 4.78 is 10.3. The lowest BCUT2D eigenvalue weighted by Gasteiger charge is -2.14. The summed E-state index contributed by atoms with van der Waals surface area (Å²) in [5, 5.41) is 5.18. The van der Waals surface area contributed by atoms with Gasteiger partial charge in [0.2, 0.25) is 0 Å². The molecule has 5 nitrogen and oxygen atoms in total. The van der Waals surface area contributed by atoms with Crippen LogP contribution in [0.4, 0.5) is 10.5 Å². The molecule has 88 valence electrons. The van der Waals surface area contributed by atoms with Gasteiger partial charge in [-0.1, -0.05) is 0 Å². The summed E-state index contributed by atoms with van der Waals surface area (Å²) in [4.78, 5) is 11.2. The lowest BCUT2D eigenvalue weighted by Crippen LogP contribution is -2.25. The van der Waals surface area contributed by atoms with Gasteiger partial charge in [0.1, 0.15) is 11.5 Å². The molecule has 0 unspecified atom stereocenters. The van der Waals surface area contributed by atoms with E-state index in [4.69, 9.17) is 9.47 Å². The first-order valence-corrected chi connectivity index (χ1v) is 4.83. The van der Waals surface area contributed by atoms with Crippen molar-refractivity contribution < 1.29 is 14.3 Å². The second-order valence-corrected chi connectivity index (χ2v) is 3.23. The molecule has 0 saturated carbocycles. The average Bonchev–Trinajstić information content (AvgIpc) is 2.30. The number of methoxy groups -OCH3 is 2. The van der Waals surface area contributed by atoms with Crippen molar-refractivity contribution in [1.29, 1.82) is 0 Å². The Morgan fingerprint density at radius 1 is 1.25 bits per heavy atom. The van der Waals surface area contributed by atoms with Crippen molar-refractivity contribution in [3.8, 4) is 11.5 Å². The number of nitrogens with one attached hydrogen (secondary N) is 2. The molecule has 0 aliphatic carbocycles. The van der Waals surface area contributed by atoms with Crippen molar-refractivity contribution in [1.82, 2.24) is 5.32 Å². The number of rotatable bonds is 3. The molecule has 0 radical (unpaired) electrons. The highest BCUT2D eigenvalue weighted by molar-refractivity contribution is 5.92. The number of amides is 2. The Bertz CT molecular complexity index is 391. The smallest absolute Gasteiger partial charge is 0.319 e. The Morgan fingerprint density at radius 3 is 2.44 bits per heavy atom. The van der Waals surface area contributed by atoms with Gasteiger partial charge in [-0.3, -0.25) is 0 Å². The molecule has 16 heavy (non-hydrogen) atoms. The summed E-state index contributed by atoms with van der Waals surface area (Å²) >= 11 is 0. The maximum Gasteiger partial charge on any atom is 0.319 e. The number of benzene rings is 1. The van der Waals surface area contributed by atoms with Crippen molar-refractivity contribution in [2.75, 3.05) is 26.6 Å². The average molecular weight is 224 g/mol. The van der Waals surface area contributed by atoms with E-state index in [9.17, 15) is 4.79 Å². The summed E-state index contributed by atoms with van der Waals surface area (Å²) in [7, 11) is 4.68. The molecule has 0 saturated heterocycles. The van der Waals surface area contributed by atoms with Crippen molar-refractivity contribution in [3.05, 3.63) is 17.7 Å². The molecular weight excluding hydrogens is 208 g/mol. The number of aryl methyl sites for hydroxylation is 1. The highest BCUT2D eigenvalue weighted by Gasteiger charge is 2.11. The van der Waals surface area contributed by atoms with Gasteiger partial charge in [0, 0.05) is 13.1 Å². The zero-order valence-electron chi connectivity index (χ0n) is 9.88. The van der Waals surface area contributed by atoms with Gasteiger partial charge in [0.05, 0.1) is 19.9 Å². The fourth-order valence-electron chi connectivity index (χ4n) is 1.34. The Hall–Kier alpha value is -1.91. The van der Waals surface area contributed by atoms with Crippen LogP contribution >= 0.6 is 0 Å². The topological polar surface area (TPSA) is 59.6 Å². The van der Waals surface area contributed by atoms with Crippen LogP contribution in [0.1, 0.15) is 5.56 Å². The summed E-state index contributed by atoms with van der Waals surface area (Å²) in [5.41, 5.74) is 1.52. The number of ether oxygens (including phenoxy) is 2. The molecule has 0 fully saturated rings. The van der Waals surface area contributed by atoms with E-state index >= 15 is 0 Å². The Balaban J connectivity index is 3.11. The lowest BCUT2D eigenvalue weighted by molar-refractivity contribution is 0.254. The van der Waals surface area contributed by atoms with E-state index in [0.29, 0.717) is 17.2 Å². The number of carbonyl (C=O) groups excluding carboxylic acids is 1. The molecule has 0 aliphatic rings. The number of carbonyl (C=O) groups is 1. The van der Waals surface area contributed by atoms with Gasteiger partial charge in [-0.15, -0.1) is 0 Å². The Kier molecular flexibility index (Phi) is 3.99. The molecule has 0 heterocycles. The molecule has 1 aromatic rings. The van der Waals surface area contributed by atoms with Gasteiger partial charge in [-0.05, 0) is 18.6 Å². The van der Waals surface area contributed by atoms with Crippen LogP contribution in [-0.2, 0) is 0 Å². The van der Waals surface area contributed by atoms with Crippen LogP contribution in [0.3, 0.4) is 0 Å². The molecule has 0 spiro atoms. The molecule has 1 aromatic carbocycles. The quantitative estimate of drug-likeness (QED) is 0.822. The van der Waals surface area contributed by atoms with E-state index in [0.717, 1.165) is 5.56 Å². The summed E-state index contributed by atoms with van der Waals surface area (Å²) in [5.74, 6) is 1.26. The maximum absolute atomic E-state index is 11.2. The Labute approximate surface area is 94.7 Å². The minimum Gasteiger partial charge on any atom is -0.497 e. The monoisotopic (exact) mass is 224 g/mol. The first-order chi connectivity index (χ1) is 7.62. The minimum absolute atomic E-state index is 0.286. The van der Waals surface area contributed by atoms with Crippen molar-refractivity contribution >= 4 is 11.7 Å². The van der Waals surface area contributed by atoms with Crippen LogP contribution < -0.4 is 20.1 Å². The van der Waals surface area contributed by atoms with E-state index in [1.807, 2.05) is 13.0 Å². The third-order valence-electron chi connectivity index (χ3n) is 2.19. The van der Waals surface area contributed by atoms with Gasteiger partial charge in [0.25, 0.3) is 0 Å². The van der Waals surface area contributed by atoms with Crippen LogP contribution in [0.2, 0.25) is 0 Å². The second kappa shape index (κ2) is 5.25. The second-order valence-electron chi connectivity index (χ2n) is 3.23. The van der Waals surface area contributed by atoms with Gasteiger partial charge >= 0.3 is 6.03 Å². The van der Waals surface area contributed by atoms with Crippen molar-refractivity contribution in [2.45, 2.75) is 6.92 Å². The van der Waals surface area contributed by atoms with Crippen molar-refractivity contribution in [3.63, 3.8) is 0 Å². The molecule has 5 heteroatoms. The van der Waals surface area contributed by atoms with E-state index in [1.54, 1.807) is 27.3 Å². The molecule has 2 amide bonds. The van der Waals surface area contributed by atoms with Crippen LogP contribution in [0, 0.1) is 6.92 Å². The van der Waals surface area contributed by atoms with Crippen LogP contribution in [0.5, 0.6) is 11.5 Å². The predicted molar refractivity (Wildman–Crippen MR) is 62.4 cm³/mol. The maximum atomic E-state index is 11.2. The third kappa shape index (κ3) is 2.56. The minimum atomic E-state index is -0.286. The van der Waals surface area contributed by atoms with Crippen LogP contribution in [0.25, 0.3) is 0 Å². The largest absolute Gasteiger partial charge is 0.497 e. The highest BCUT2D eigenvalue weighted by Crippen LogP contribution is 2.32. The van der Waals surface area contributed by atoms with E-state index in [1.165, 1.54) is 0 Å². The fourth-order valence-corrected chi connectivity index (χ4v) is 1.34. The predicted octanol–water partition coefficient (Wildman–Crippen LogP) is 1.76. The molecule has 1 rings (SSSR count). The van der Waals surface area contributed by atoms with Gasteiger partial charge < -0.3 is 20.1 Å². The van der Waals surface area contributed by atoms with E-state index in [-0.39, 0.29) is 6.03 Å². The molecular formula is C11H16N2O3. The summed E-state index contributed by atoms with van der Waals surface area (Å²) in [6.45, 7) is 1.87. The van der Waals surface area contributed by atoms with Gasteiger partial charge in [-0.2, -0.15) is 0 Å². The highest BCUT2D eigenvalue weighted by atomic mass is 16.5. The van der Waals surface area contributed by atoms with Gasteiger partial charge in [-0.25, -0.2) is 4.79 Å². The van der Waals surface area contributed by atoms with Crippen LogP contribution in [-0.4, -0.2) is 27.3 Å².